The summed E-state index contributed by atoms with van der Waals surface area (Å²) >= 11 is 0. The third-order valence-corrected chi connectivity index (χ3v) is 11.4. The first-order valence-electron chi connectivity index (χ1n) is 23.3. The van der Waals surface area contributed by atoms with Crippen LogP contribution in [0.1, 0.15) is 240 Å². The second-order valence-corrected chi connectivity index (χ2v) is 16.8. The first-order valence-corrected chi connectivity index (χ1v) is 23.3. The van der Waals surface area contributed by atoms with Gasteiger partial charge in [0.1, 0.15) is 0 Å². The van der Waals surface area contributed by atoms with Crippen LogP contribution in [0.4, 0.5) is 0 Å². The summed E-state index contributed by atoms with van der Waals surface area (Å²) in [7, 11) is 4.37. The monoisotopic (exact) mass is 736 g/mol. The fourth-order valence-electron chi connectivity index (χ4n) is 7.76. The lowest BCUT2D eigenvalue weighted by Crippen LogP contribution is -2.17. The number of carbonyl (C=O) groups excluding carboxylic acids is 2. The van der Waals surface area contributed by atoms with E-state index in [9.17, 15) is 9.59 Å². The van der Waals surface area contributed by atoms with Gasteiger partial charge < -0.3 is 14.4 Å². The Morgan fingerprint density at radius 3 is 1.00 bits per heavy atom. The molecule has 0 fully saturated rings. The lowest BCUT2D eigenvalue weighted by atomic mass is 9.91. The van der Waals surface area contributed by atoms with E-state index in [0.717, 1.165) is 56.3 Å². The minimum atomic E-state index is 0.0132. The minimum absolute atomic E-state index is 0.0132. The molecule has 0 aromatic heterocycles. The summed E-state index contributed by atoms with van der Waals surface area (Å²) in [6, 6.07) is 0. The van der Waals surface area contributed by atoms with Gasteiger partial charge in [-0.1, -0.05) is 195 Å². The molecule has 0 aliphatic carbocycles. The van der Waals surface area contributed by atoms with Crippen molar-refractivity contribution >= 4 is 11.9 Å². The molecule has 5 nitrogen and oxygen atoms in total. The highest BCUT2D eigenvalue weighted by Crippen LogP contribution is 2.24. The van der Waals surface area contributed by atoms with E-state index in [0.29, 0.717) is 26.1 Å². The van der Waals surface area contributed by atoms with Crippen molar-refractivity contribution in [3.63, 3.8) is 0 Å². The highest BCUT2D eigenvalue weighted by atomic mass is 16.5. The van der Waals surface area contributed by atoms with Crippen molar-refractivity contribution in [1.82, 2.24) is 4.90 Å². The molecule has 0 N–H and O–H groups in total. The molecule has 0 spiro atoms. The fourth-order valence-corrected chi connectivity index (χ4v) is 7.76. The maximum Gasteiger partial charge on any atom is 0.305 e. The van der Waals surface area contributed by atoms with E-state index in [4.69, 9.17) is 9.47 Å². The molecule has 52 heavy (non-hydrogen) atoms. The van der Waals surface area contributed by atoms with E-state index < -0.39 is 0 Å². The van der Waals surface area contributed by atoms with Gasteiger partial charge >= 0.3 is 11.9 Å². The number of hydrogen-bond acceptors (Lipinski definition) is 5. The van der Waals surface area contributed by atoms with Crippen LogP contribution in [0.5, 0.6) is 0 Å². The molecule has 0 saturated heterocycles. The summed E-state index contributed by atoms with van der Waals surface area (Å²) in [5, 5.41) is 0. The Balaban J connectivity index is 4.06. The molecule has 310 valence electrons. The Hall–Kier alpha value is -1.10. The van der Waals surface area contributed by atoms with Gasteiger partial charge in [0.25, 0.3) is 0 Å². The third kappa shape index (κ3) is 35.9. The summed E-state index contributed by atoms with van der Waals surface area (Å²) in [4.78, 5) is 27.0. The second-order valence-electron chi connectivity index (χ2n) is 16.8. The Labute approximate surface area is 326 Å². The number of hydrogen-bond donors (Lipinski definition) is 0. The molecule has 0 bridgehead atoms. The number of unbranched alkanes of at least 4 members (excludes halogenated alkanes) is 16. The number of ether oxygens (including phenoxy) is 2. The highest BCUT2D eigenvalue weighted by Gasteiger charge is 2.13. The van der Waals surface area contributed by atoms with Crippen molar-refractivity contribution in [3.05, 3.63) is 0 Å². The van der Waals surface area contributed by atoms with Crippen molar-refractivity contribution in [1.29, 1.82) is 0 Å². The van der Waals surface area contributed by atoms with Crippen LogP contribution in [0.25, 0.3) is 0 Å². The second kappa shape index (κ2) is 39.6. The van der Waals surface area contributed by atoms with Gasteiger partial charge in [-0.2, -0.15) is 0 Å². The van der Waals surface area contributed by atoms with E-state index in [1.807, 2.05) is 0 Å². The molecular weight excluding hydrogens is 643 g/mol. The summed E-state index contributed by atoms with van der Waals surface area (Å²) in [5.41, 5.74) is 0. The molecule has 0 aliphatic heterocycles. The standard InChI is InChI=1S/C47H93NO4/c1-7-11-21-29-44(30-22-12-8-2)38-41-51-46(49)35-27-18-16-15-17-25-33-43(37-40-48(5)6)34-26-19-20-28-36-47(50)52-42-39-45(31-23-13-9-3)32-24-14-10-4/h43-45H,7-42H2,1-6H3. The molecule has 0 saturated carbocycles. The summed E-state index contributed by atoms with van der Waals surface area (Å²) in [5.74, 6) is 2.28. The molecule has 1 atom stereocenters. The first kappa shape index (κ1) is 50.9. The molecule has 0 aromatic carbocycles. The Morgan fingerprint density at radius 2 is 0.673 bits per heavy atom. The van der Waals surface area contributed by atoms with E-state index in [-0.39, 0.29) is 11.9 Å². The van der Waals surface area contributed by atoms with Gasteiger partial charge in [0.05, 0.1) is 13.2 Å². The third-order valence-electron chi connectivity index (χ3n) is 11.4. The minimum Gasteiger partial charge on any atom is -0.466 e. The topological polar surface area (TPSA) is 55.8 Å². The van der Waals surface area contributed by atoms with E-state index in [2.05, 4.69) is 46.7 Å². The van der Waals surface area contributed by atoms with Gasteiger partial charge in [0.2, 0.25) is 0 Å². The average molecular weight is 736 g/mol. The average Bonchev–Trinajstić information content (AvgIpc) is 3.12. The highest BCUT2D eigenvalue weighted by molar-refractivity contribution is 5.69. The first-order chi connectivity index (χ1) is 25.4. The van der Waals surface area contributed by atoms with Gasteiger partial charge in [0.15, 0.2) is 0 Å². The SMILES string of the molecule is CCCCCC(CCCCC)CCOC(=O)CCCCCCCCC(CCCCCCC(=O)OCCC(CCCCC)CCCCC)CCN(C)C. The molecule has 0 aliphatic rings. The van der Waals surface area contributed by atoms with E-state index in [1.165, 1.54) is 167 Å². The van der Waals surface area contributed by atoms with Crippen LogP contribution in [0.3, 0.4) is 0 Å². The van der Waals surface area contributed by atoms with Crippen LogP contribution in [0, 0.1) is 17.8 Å². The molecule has 0 heterocycles. The van der Waals surface area contributed by atoms with Gasteiger partial charge in [-0.3, -0.25) is 9.59 Å². The number of carbonyl (C=O) groups is 2. The van der Waals surface area contributed by atoms with Crippen LogP contribution in [0.2, 0.25) is 0 Å². The van der Waals surface area contributed by atoms with Crippen LogP contribution in [0.15, 0.2) is 0 Å². The number of nitrogens with zero attached hydrogens (tertiary/aromatic N) is 1. The summed E-state index contributed by atoms with van der Waals surface area (Å²) < 4.78 is 11.3. The molecule has 1 unspecified atom stereocenters. The summed E-state index contributed by atoms with van der Waals surface area (Å²) in [6.45, 7) is 11.5. The lowest BCUT2D eigenvalue weighted by Gasteiger charge is -2.19. The molecular formula is C47H93NO4. The van der Waals surface area contributed by atoms with Crippen molar-refractivity contribution in [3.8, 4) is 0 Å². The fraction of sp³-hybridized carbons (Fsp3) is 0.957. The molecule has 0 amide bonds. The van der Waals surface area contributed by atoms with Crippen LogP contribution in [-0.2, 0) is 19.1 Å². The molecule has 0 aromatic rings. The zero-order chi connectivity index (χ0) is 38.3. The van der Waals surface area contributed by atoms with Crippen molar-refractivity contribution in [2.75, 3.05) is 33.9 Å². The zero-order valence-electron chi connectivity index (χ0n) is 36.3. The van der Waals surface area contributed by atoms with Gasteiger partial charge in [-0.25, -0.2) is 0 Å². The number of esters is 2. The van der Waals surface area contributed by atoms with Crippen molar-refractivity contribution < 1.29 is 19.1 Å². The van der Waals surface area contributed by atoms with Gasteiger partial charge in [-0.15, -0.1) is 0 Å². The smallest absolute Gasteiger partial charge is 0.305 e. The number of rotatable bonds is 41. The molecule has 0 radical (unpaired) electrons. The summed E-state index contributed by atoms with van der Waals surface area (Å²) in [6.07, 6.45) is 39.9. The van der Waals surface area contributed by atoms with Gasteiger partial charge in [-0.05, 0) is 70.5 Å². The van der Waals surface area contributed by atoms with Crippen LogP contribution in [-0.4, -0.2) is 50.7 Å². The van der Waals surface area contributed by atoms with Crippen molar-refractivity contribution in [2.45, 2.75) is 240 Å². The van der Waals surface area contributed by atoms with Gasteiger partial charge in [0, 0.05) is 12.8 Å². The zero-order valence-corrected chi connectivity index (χ0v) is 36.3. The normalized spacial score (nSPS) is 12.3. The molecule has 5 heteroatoms. The maximum atomic E-state index is 12.4. The van der Waals surface area contributed by atoms with Crippen molar-refractivity contribution in [2.24, 2.45) is 17.8 Å². The van der Waals surface area contributed by atoms with Crippen LogP contribution >= 0.6 is 0 Å². The lowest BCUT2D eigenvalue weighted by molar-refractivity contribution is -0.145. The quantitative estimate of drug-likeness (QED) is 0.0462. The Kier molecular flexibility index (Phi) is 38.8. The Morgan fingerprint density at radius 1 is 0.385 bits per heavy atom. The predicted octanol–water partition coefficient (Wildman–Crippen LogP) is 14.4. The maximum absolute atomic E-state index is 12.4. The predicted molar refractivity (Wildman–Crippen MR) is 226 cm³/mol. The van der Waals surface area contributed by atoms with Crippen LogP contribution < -0.4 is 0 Å². The van der Waals surface area contributed by atoms with E-state index >= 15 is 0 Å². The Bertz CT molecular complexity index is 736. The largest absolute Gasteiger partial charge is 0.466 e. The van der Waals surface area contributed by atoms with E-state index in [1.54, 1.807) is 0 Å². The molecule has 0 rings (SSSR count).